The fourth-order valence-electron chi connectivity index (χ4n) is 8.92. The van der Waals surface area contributed by atoms with Crippen molar-refractivity contribution < 1.29 is 43.5 Å². The van der Waals surface area contributed by atoms with Gasteiger partial charge < -0.3 is 43.6 Å². The number of hydrogen-bond acceptors (Lipinski definition) is 11. The maximum Gasteiger partial charge on any atom is 0.254 e. The number of hydrogen-bond donors (Lipinski definition) is 2. The summed E-state index contributed by atoms with van der Waals surface area (Å²) >= 11 is 0. The van der Waals surface area contributed by atoms with E-state index in [1.807, 2.05) is 19.1 Å². The zero-order valence-corrected chi connectivity index (χ0v) is 31.6. The number of allylic oxidation sites excluding steroid dienone is 1. The summed E-state index contributed by atoms with van der Waals surface area (Å²) in [6.07, 6.45) is 9.26. The van der Waals surface area contributed by atoms with E-state index in [9.17, 15) is 15.0 Å². The Balaban J connectivity index is 1.38. The number of carbonyl (C=O) groups is 1. The Kier molecular flexibility index (Phi) is 12.1. The molecule has 1 saturated heterocycles. The van der Waals surface area contributed by atoms with Gasteiger partial charge >= 0.3 is 0 Å². The Bertz CT molecular complexity index is 1710. The molecule has 0 radical (unpaired) electrons. The molecule has 2 aromatic carbocycles. The molecule has 12 heteroatoms. The van der Waals surface area contributed by atoms with Gasteiger partial charge in [0.05, 0.1) is 18.2 Å². The van der Waals surface area contributed by atoms with E-state index in [1.165, 1.54) is 0 Å². The Hall–Kier alpha value is -4.10. The predicted octanol–water partition coefficient (Wildman–Crippen LogP) is 5.54. The summed E-state index contributed by atoms with van der Waals surface area (Å²) in [5, 5.41) is 24.4. The SMILES string of the molecule is C=CCO[C@@]12Oc3ccc(OCCN4CC4)cc3[C@H]3[C@H](CCCCO)[C@@H](CCCCO)C=C(C(=NOCC)C[C@@H]1N(C)C(=O)c1ccc4c(c1)OCO4)[C@H]32. The molecule has 5 aliphatic rings. The van der Waals surface area contributed by atoms with E-state index in [4.69, 9.17) is 33.7 Å². The Morgan fingerprint density at radius 2 is 1.83 bits per heavy atom. The molecular weight excluding hydrogens is 690 g/mol. The number of carbonyl (C=O) groups excluding carboxylic acids is 1. The maximum atomic E-state index is 14.5. The van der Waals surface area contributed by atoms with Crippen molar-refractivity contribution in [1.82, 2.24) is 9.80 Å². The predicted molar refractivity (Wildman–Crippen MR) is 203 cm³/mol. The summed E-state index contributed by atoms with van der Waals surface area (Å²) in [6.45, 7) is 10.6. The number of rotatable bonds is 19. The van der Waals surface area contributed by atoms with Crippen molar-refractivity contribution in [2.24, 2.45) is 22.9 Å². The standard InChI is InChI=1S/C42H55N3O9/c1-4-21-52-42-38(44(3)41(48)29-12-14-36-37(24-29)51-27-50-36)26-34(43-53-5-2)32-23-28(10-6-8-19-46)31(11-7-9-20-47)39(40(32)42)33-25-30(13-15-35(33)54-42)49-22-18-45-16-17-45/h4,12-15,23-25,28,31,38-40,46-47H,1,5-11,16-22,26-27H2,2-3H3/t28-,31+,38-,39+,40+,42+/m0/s1. The summed E-state index contributed by atoms with van der Waals surface area (Å²) in [5.74, 6) is 0.854. The zero-order valence-electron chi connectivity index (χ0n) is 31.6. The number of likely N-dealkylation sites (N-methyl/N-ethyl adjacent to an activating group) is 1. The van der Waals surface area contributed by atoms with Crippen LogP contribution in [0.25, 0.3) is 0 Å². The molecular formula is C42H55N3O9. The van der Waals surface area contributed by atoms with Gasteiger partial charge in [0.25, 0.3) is 5.91 Å². The number of benzene rings is 2. The molecule has 2 aromatic rings. The second kappa shape index (κ2) is 17.1. The molecule has 6 atom stereocenters. The smallest absolute Gasteiger partial charge is 0.254 e. The average Bonchev–Trinajstić information content (AvgIpc) is 3.90. The molecule has 2 fully saturated rings. The van der Waals surface area contributed by atoms with Crippen molar-refractivity contribution >= 4 is 11.6 Å². The summed E-state index contributed by atoms with van der Waals surface area (Å²) in [7, 11) is 1.80. The zero-order chi connectivity index (χ0) is 37.7. The number of aliphatic hydroxyl groups excluding tert-OH is 2. The van der Waals surface area contributed by atoms with Crippen LogP contribution in [0.3, 0.4) is 0 Å². The van der Waals surface area contributed by atoms with E-state index in [2.05, 4.69) is 23.6 Å². The van der Waals surface area contributed by atoms with E-state index >= 15 is 0 Å². The van der Waals surface area contributed by atoms with E-state index in [0.29, 0.717) is 55.3 Å². The van der Waals surface area contributed by atoms with Gasteiger partial charge in [-0.25, -0.2) is 0 Å². The molecule has 2 aliphatic carbocycles. The summed E-state index contributed by atoms with van der Waals surface area (Å²) in [4.78, 5) is 24.4. The molecule has 12 nitrogen and oxygen atoms in total. The summed E-state index contributed by atoms with van der Waals surface area (Å²) < 4.78 is 31.7. The van der Waals surface area contributed by atoms with Gasteiger partial charge in [-0.15, -0.1) is 6.58 Å². The van der Waals surface area contributed by atoms with Crippen molar-refractivity contribution in [2.75, 3.05) is 66.5 Å². The molecule has 3 heterocycles. The van der Waals surface area contributed by atoms with Gasteiger partial charge in [0, 0.05) is 63.4 Å². The molecule has 3 aliphatic heterocycles. The minimum absolute atomic E-state index is 0.109. The first-order chi connectivity index (χ1) is 26.4. The Labute approximate surface area is 318 Å². The highest BCUT2D eigenvalue weighted by Gasteiger charge is 2.65. The molecule has 7 rings (SSSR count). The number of amides is 1. The van der Waals surface area contributed by atoms with Gasteiger partial charge in [-0.1, -0.05) is 30.1 Å². The minimum atomic E-state index is -1.32. The molecule has 0 aromatic heterocycles. The minimum Gasteiger partial charge on any atom is -0.492 e. The largest absolute Gasteiger partial charge is 0.492 e. The van der Waals surface area contributed by atoms with Crippen molar-refractivity contribution in [2.45, 2.75) is 69.6 Å². The lowest BCUT2D eigenvalue weighted by Gasteiger charge is -2.59. The quantitative estimate of drug-likeness (QED) is 0.0819. The lowest BCUT2D eigenvalue weighted by atomic mass is 9.55. The lowest BCUT2D eigenvalue weighted by Crippen LogP contribution is -2.69. The fraction of sp³-hybridized carbons (Fsp3) is 0.571. The number of fused-ring (bicyclic) bond motifs is 3. The molecule has 1 saturated carbocycles. The number of unbranched alkanes of at least 4 members (excludes halogenated alkanes) is 2. The Morgan fingerprint density at radius 3 is 2.59 bits per heavy atom. The van der Waals surface area contributed by atoms with Crippen LogP contribution >= 0.6 is 0 Å². The first-order valence-corrected chi connectivity index (χ1v) is 19.6. The van der Waals surface area contributed by atoms with E-state index in [-0.39, 0.29) is 56.2 Å². The van der Waals surface area contributed by atoms with Crippen LogP contribution in [0.15, 0.2) is 65.9 Å². The van der Waals surface area contributed by atoms with Gasteiger partial charge in [-0.05, 0) is 86.4 Å². The third kappa shape index (κ3) is 7.71. The summed E-state index contributed by atoms with van der Waals surface area (Å²) in [6, 6.07) is 10.7. The monoisotopic (exact) mass is 745 g/mol. The van der Waals surface area contributed by atoms with Crippen molar-refractivity contribution in [3.63, 3.8) is 0 Å². The van der Waals surface area contributed by atoms with E-state index < -0.39 is 11.8 Å². The average molecular weight is 746 g/mol. The molecule has 0 spiro atoms. The molecule has 54 heavy (non-hydrogen) atoms. The highest BCUT2D eigenvalue weighted by molar-refractivity contribution is 6.03. The molecule has 0 unspecified atom stereocenters. The third-order valence-corrected chi connectivity index (χ3v) is 11.6. The van der Waals surface area contributed by atoms with Crippen LogP contribution in [-0.2, 0) is 9.57 Å². The highest BCUT2D eigenvalue weighted by Crippen LogP contribution is 2.62. The van der Waals surface area contributed by atoms with Crippen molar-refractivity contribution in [3.8, 4) is 23.0 Å². The van der Waals surface area contributed by atoms with Crippen molar-refractivity contribution in [3.05, 3.63) is 71.8 Å². The second-order valence-corrected chi connectivity index (χ2v) is 14.9. The Morgan fingerprint density at radius 1 is 1.06 bits per heavy atom. The van der Waals surface area contributed by atoms with Gasteiger partial charge in [-0.3, -0.25) is 9.69 Å². The normalized spacial score (nSPS) is 27.0. The van der Waals surface area contributed by atoms with Gasteiger partial charge in [0.1, 0.15) is 30.8 Å². The van der Waals surface area contributed by atoms with Crippen LogP contribution in [-0.4, -0.2) is 110 Å². The van der Waals surface area contributed by atoms with Crippen LogP contribution in [0.2, 0.25) is 0 Å². The lowest BCUT2D eigenvalue weighted by molar-refractivity contribution is -0.252. The molecule has 1 amide bonds. The highest BCUT2D eigenvalue weighted by atomic mass is 16.7. The van der Waals surface area contributed by atoms with Crippen molar-refractivity contribution in [1.29, 1.82) is 0 Å². The first kappa shape index (κ1) is 38.2. The summed E-state index contributed by atoms with van der Waals surface area (Å²) in [5.41, 5.74) is 3.26. The number of aliphatic hydroxyl groups is 2. The molecule has 2 N–H and O–H groups in total. The van der Waals surface area contributed by atoms with Crippen LogP contribution in [0, 0.1) is 17.8 Å². The maximum absolute atomic E-state index is 14.5. The molecule has 292 valence electrons. The van der Waals surface area contributed by atoms with Crippen LogP contribution in [0.1, 0.15) is 73.7 Å². The van der Waals surface area contributed by atoms with Gasteiger partial charge in [0.2, 0.25) is 12.6 Å². The number of ether oxygens (including phenoxy) is 5. The van der Waals surface area contributed by atoms with Gasteiger partial charge in [0.15, 0.2) is 11.5 Å². The van der Waals surface area contributed by atoms with Crippen LogP contribution < -0.4 is 18.9 Å². The van der Waals surface area contributed by atoms with E-state index in [0.717, 1.165) is 67.9 Å². The van der Waals surface area contributed by atoms with Crippen LogP contribution in [0.4, 0.5) is 0 Å². The topological polar surface area (TPSA) is 132 Å². The van der Waals surface area contributed by atoms with Crippen LogP contribution in [0.5, 0.6) is 23.0 Å². The third-order valence-electron chi connectivity index (χ3n) is 11.6. The first-order valence-electron chi connectivity index (χ1n) is 19.6. The second-order valence-electron chi connectivity index (χ2n) is 14.9. The fourth-order valence-corrected chi connectivity index (χ4v) is 8.92. The van der Waals surface area contributed by atoms with Gasteiger partial charge in [-0.2, -0.15) is 0 Å². The number of oxime groups is 1. The number of nitrogens with zero attached hydrogens (tertiary/aromatic N) is 3. The molecule has 0 bridgehead atoms. The van der Waals surface area contributed by atoms with E-state index in [1.54, 1.807) is 36.2 Å².